The number of halogens is 5. The van der Waals surface area contributed by atoms with Crippen LogP contribution >= 0.6 is 57.4 Å². The van der Waals surface area contributed by atoms with Crippen molar-refractivity contribution in [3.63, 3.8) is 0 Å². The minimum atomic E-state index is -0.478. The van der Waals surface area contributed by atoms with Gasteiger partial charge in [-0.3, -0.25) is 0 Å². The summed E-state index contributed by atoms with van der Waals surface area (Å²) < 4.78 is 14.3. The average molecular weight is 417 g/mol. The first-order chi connectivity index (χ1) is 8.49. The summed E-state index contributed by atoms with van der Waals surface area (Å²) in [5.74, 6) is -0.125. The molecule has 0 bridgehead atoms. The van der Waals surface area contributed by atoms with E-state index in [2.05, 4.69) is 9.97 Å². The summed E-state index contributed by atoms with van der Waals surface area (Å²) in [6.45, 7) is 0. The Morgan fingerprint density at radius 1 is 1.11 bits per heavy atom. The monoisotopic (exact) mass is 416 g/mol. The van der Waals surface area contributed by atoms with Crippen LogP contribution in [-0.2, 0) is 6.42 Å². The maximum absolute atomic E-state index is 13.7. The predicted molar refractivity (Wildman–Crippen MR) is 79.0 cm³/mol. The first-order valence-electron chi connectivity index (χ1n) is 4.79. The molecular weight excluding hydrogens is 412 g/mol. The summed E-state index contributed by atoms with van der Waals surface area (Å²) in [7, 11) is 0. The van der Waals surface area contributed by atoms with Gasteiger partial charge in [-0.25, -0.2) is 14.4 Å². The minimum absolute atomic E-state index is 0.0650. The highest BCUT2D eigenvalue weighted by Gasteiger charge is 2.12. The standard InChI is InChI=1S/C11H5Cl3FIN2/c12-6-3-1-2-5(8(6)15)4-7-17-10(13)9(16)11(14)18-7/h1-3H,4H2. The van der Waals surface area contributed by atoms with E-state index in [1.807, 2.05) is 22.6 Å². The molecule has 0 unspecified atom stereocenters. The van der Waals surface area contributed by atoms with Crippen LogP contribution in [0.4, 0.5) is 4.39 Å². The molecule has 0 aliphatic carbocycles. The van der Waals surface area contributed by atoms with Crippen molar-refractivity contribution in [3.05, 3.63) is 54.3 Å². The lowest BCUT2D eigenvalue weighted by Crippen LogP contribution is -2.01. The lowest BCUT2D eigenvalue weighted by atomic mass is 10.1. The van der Waals surface area contributed by atoms with E-state index in [1.165, 1.54) is 6.07 Å². The molecule has 0 saturated heterocycles. The molecule has 94 valence electrons. The summed E-state index contributed by atoms with van der Waals surface area (Å²) in [6.07, 6.45) is 0.183. The zero-order valence-electron chi connectivity index (χ0n) is 8.72. The third-order valence-electron chi connectivity index (χ3n) is 2.20. The molecule has 2 nitrogen and oxygen atoms in total. The van der Waals surface area contributed by atoms with E-state index in [0.717, 1.165) is 0 Å². The molecule has 0 amide bonds. The van der Waals surface area contributed by atoms with Crippen molar-refractivity contribution in [2.75, 3.05) is 0 Å². The highest BCUT2D eigenvalue weighted by atomic mass is 127. The SMILES string of the molecule is Fc1c(Cl)cccc1Cc1nc(Cl)c(I)c(Cl)n1. The molecule has 2 aromatic rings. The van der Waals surface area contributed by atoms with Gasteiger partial charge in [0.1, 0.15) is 21.9 Å². The number of aromatic nitrogens is 2. The fraction of sp³-hybridized carbons (Fsp3) is 0.0909. The molecule has 0 atom stereocenters. The Morgan fingerprint density at radius 3 is 2.33 bits per heavy atom. The van der Waals surface area contributed by atoms with Gasteiger partial charge >= 0.3 is 0 Å². The summed E-state index contributed by atoms with van der Waals surface area (Å²) in [6, 6.07) is 4.76. The molecule has 2 rings (SSSR count). The molecule has 0 spiro atoms. The van der Waals surface area contributed by atoms with Crippen LogP contribution in [0.2, 0.25) is 15.3 Å². The van der Waals surface area contributed by atoms with Gasteiger partial charge in [0.2, 0.25) is 0 Å². The van der Waals surface area contributed by atoms with Crippen LogP contribution in [0.25, 0.3) is 0 Å². The maximum Gasteiger partial charge on any atom is 0.147 e. The Morgan fingerprint density at radius 2 is 1.72 bits per heavy atom. The lowest BCUT2D eigenvalue weighted by molar-refractivity contribution is 0.612. The number of hydrogen-bond acceptors (Lipinski definition) is 2. The van der Waals surface area contributed by atoms with Gasteiger partial charge in [0, 0.05) is 6.42 Å². The van der Waals surface area contributed by atoms with Gasteiger partial charge in [0.15, 0.2) is 0 Å². The number of benzene rings is 1. The van der Waals surface area contributed by atoms with Gasteiger partial charge in [-0.05, 0) is 34.2 Å². The van der Waals surface area contributed by atoms with E-state index >= 15 is 0 Å². The summed E-state index contributed by atoms with van der Waals surface area (Å²) in [4.78, 5) is 8.10. The molecule has 0 saturated carbocycles. The van der Waals surface area contributed by atoms with E-state index < -0.39 is 5.82 Å². The zero-order chi connectivity index (χ0) is 13.3. The van der Waals surface area contributed by atoms with Crippen molar-refractivity contribution in [2.45, 2.75) is 6.42 Å². The Hall–Kier alpha value is -0.170. The summed E-state index contributed by atoms with van der Waals surface area (Å²) >= 11 is 19.4. The van der Waals surface area contributed by atoms with E-state index in [-0.39, 0.29) is 21.7 Å². The Labute approximate surface area is 132 Å². The Bertz CT molecular complexity index is 584. The van der Waals surface area contributed by atoms with Crippen molar-refractivity contribution < 1.29 is 4.39 Å². The molecule has 18 heavy (non-hydrogen) atoms. The van der Waals surface area contributed by atoms with Crippen molar-refractivity contribution in [1.29, 1.82) is 0 Å². The van der Waals surface area contributed by atoms with Gasteiger partial charge in [0.05, 0.1) is 8.59 Å². The zero-order valence-corrected chi connectivity index (χ0v) is 13.1. The fourth-order valence-electron chi connectivity index (χ4n) is 1.37. The van der Waals surface area contributed by atoms with E-state index in [1.54, 1.807) is 12.1 Å². The first kappa shape index (κ1) is 14.2. The predicted octanol–water partition coefficient (Wildman–Crippen LogP) is 4.77. The van der Waals surface area contributed by atoms with Crippen LogP contribution in [0.1, 0.15) is 11.4 Å². The van der Waals surface area contributed by atoms with Crippen LogP contribution in [0.3, 0.4) is 0 Å². The van der Waals surface area contributed by atoms with Crippen LogP contribution in [0, 0.1) is 9.39 Å². The Kier molecular flexibility index (Phi) is 4.64. The molecule has 1 aromatic heterocycles. The van der Waals surface area contributed by atoms with Crippen molar-refractivity contribution >= 4 is 57.4 Å². The van der Waals surface area contributed by atoms with Gasteiger partial charge in [-0.15, -0.1) is 0 Å². The maximum atomic E-state index is 13.7. The lowest BCUT2D eigenvalue weighted by Gasteiger charge is -2.05. The molecule has 0 fully saturated rings. The number of hydrogen-bond donors (Lipinski definition) is 0. The molecular formula is C11H5Cl3FIN2. The molecule has 1 aromatic carbocycles. The highest BCUT2D eigenvalue weighted by Crippen LogP contribution is 2.25. The third-order valence-corrected chi connectivity index (χ3v) is 4.70. The molecule has 0 aliphatic rings. The van der Waals surface area contributed by atoms with E-state index in [0.29, 0.717) is 15.0 Å². The quantitative estimate of drug-likeness (QED) is 0.520. The highest BCUT2D eigenvalue weighted by molar-refractivity contribution is 14.1. The van der Waals surface area contributed by atoms with Crippen molar-refractivity contribution in [2.24, 2.45) is 0 Å². The molecule has 1 heterocycles. The molecule has 0 N–H and O–H groups in total. The second-order valence-corrected chi connectivity index (χ2v) is 5.63. The fourth-order valence-corrected chi connectivity index (χ4v) is 2.23. The summed E-state index contributed by atoms with van der Waals surface area (Å²) in [5.41, 5.74) is 0.399. The largest absolute Gasteiger partial charge is 0.220 e. The number of rotatable bonds is 2. The number of nitrogens with zero attached hydrogens (tertiary/aromatic N) is 2. The van der Waals surface area contributed by atoms with Crippen molar-refractivity contribution in [3.8, 4) is 0 Å². The normalized spacial score (nSPS) is 10.7. The van der Waals surface area contributed by atoms with Crippen LogP contribution in [0.15, 0.2) is 18.2 Å². The van der Waals surface area contributed by atoms with E-state index in [9.17, 15) is 4.39 Å². The summed E-state index contributed by atoms with van der Waals surface area (Å²) in [5, 5.41) is 0.580. The van der Waals surface area contributed by atoms with Gasteiger partial charge in [-0.2, -0.15) is 0 Å². The van der Waals surface area contributed by atoms with Gasteiger partial charge in [-0.1, -0.05) is 46.9 Å². The van der Waals surface area contributed by atoms with Gasteiger partial charge < -0.3 is 0 Å². The smallest absolute Gasteiger partial charge is 0.147 e. The average Bonchev–Trinajstić information content (AvgIpc) is 2.32. The van der Waals surface area contributed by atoms with Crippen LogP contribution in [-0.4, -0.2) is 9.97 Å². The third kappa shape index (κ3) is 3.04. The molecule has 7 heteroatoms. The van der Waals surface area contributed by atoms with Gasteiger partial charge in [0.25, 0.3) is 0 Å². The Balaban J connectivity index is 2.37. The molecule has 0 aliphatic heterocycles. The van der Waals surface area contributed by atoms with E-state index in [4.69, 9.17) is 34.8 Å². The van der Waals surface area contributed by atoms with Crippen LogP contribution in [0.5, 0.6) is 0 Å². The van der Waals surface area contributed by atoms with Crippen LogP contribution < -0.4 is 0 Å². The minimum Gasteiger partial charge on any atom is -0.220 e. The first-order valence-corrected chi connectivity index (χ1v) is 7.00. The van der Waals surface area contributed by atoms with Crippen molar-refractivity contribution in [1.82, 2.24) is 9.97 Å². The molecule has 0 radical (unpaired) electrons. The second kappa shape index (κ2) is 5.86. The topological polar surface area (TPSA) is 25.8 Å². The second-order valence-electron chi connectivity index (χ2n) is 3.43.